The van der Waals surface area contributed by atoms with E-state index < -0.39 is 11.3 Å². The molecule has 1 saturated carbocycles. The largest absolute Gasteiger partial charge is 0.310 e. The number of fused-ring (bicyclic) bond motifs is 13. The molecule has 0 aliphatic heterocycles. The van der Waals surface area contributed by atoms with Crippen LogP contribution in [0.5, 0.6) is 0 Å². The van der Waals surface area contributed by atoms with Gasteiger partial charge in [-0.3, -0.25) is 0 Å². The highest BCUT2D eigenvalue weighted by atomic mass is 15.1. The molecule has 8 aromatic rings. The van der Waals surface area contributed by atoms with Gasteiger partial charge in [-0.15, -0.1) is 0 Å². The highest BCUT2D eigenvalue weighted by Gasteiger charge is 2.52. The van der Waals surface area contributed by atoms with Crippen molar-refractivity contribution in [1.82, 2.24) is 0 Å². The second-order valence-corrected chi connectivity index (χ2v) is 18.2. The molecule has 1 nitrogen and oxygen atoms in total. The second-order valence-electron chi connectivity index (χ2n) is 18.2. The van der Waals surface area contributed by atoms with Crippen LogP contribution in [-0.2, 0) is 10.8 Å². The van der Waals surface area contributed by atoms with Crippen LogP contribution in [0.15, 0.2) is 170 Å². The average Bonchev–Trinajstić information content (AvgIpc) is 4.00. The summed E-state index contributed by atoms with van der Waals surface area (Å²) in [6.07, 6.45) is 4.14. The number of aryl methyl sites for hydroxylation is 2. The molecule has 0 radical (unpaired) electrons. The predicted molar refractivity (Wildman–Crippen MR) is 251 cm³/mol. The fraction of sp³-hybridized carbons (Fsp3) is 0.186. The smallest absolute Gasteiger partial charge is 0.0726 e. The van der Waals surface area contributed by atoms with Gasteiger partial charge in [0.1, 0.15) is 0 Å². The average molecular weight is 773 g/mol. The van der Waals surface area contributed by atoms with Crippen LogP contribution < -0.4 is 4.90 Å². The molecule has 1 fully saturated rings. The third-order valence-corrected chi connectivity index (χ3v) is 14.5. The maximum absolute atomic E-state index is 9.28. The highest BCUT2D eigenvalue weighted by molar-refractivity contribution is 5.99. The van der Waals surface area contributed by atoms with Gasteiger partial charge in [-0.05, 0) is 135 Å². The molecular formula is C59H49N. The van der Waals surface area contributed by atoms with Crippen molar-refractivity contribution < 1.29 is 1.37 Å². The lowest BCUT2D eigenvalue weighted by molar-refractivity contribution is 0.661. The van der Waals surface area contributed by atoms with Crippen molar-refractivity contribution in [3.05, 3.63) is 220 Å². The van der Waals surface area contributed by atoms with Crippen LogP contribution in [0.2, 0.25) is 0 Å². The van der Waals surface area contributed by atoms with Crippen molar-refractivity contribution >= 4 is 17.1 Å². The van der Waals surface area contributed by atoms with Gasteiger partial charge in [-0.25, -0.2) is 0 Å². The molecule has 1 spiro atoms. The molecule has 0 aromatic heterocycles. The van der Waals surface area contributed by atoms with Crippen molar-refractivity contribution in [3.63, 3.8) is 0 Å². The van der Waals surface area contributed by atoms with Crippen LogP contribution in [-0.4, -0.2) is 0 Å². The van der Waals surface area contributed by atoms with Crippen LogP contribution in [0, 0.1) is 13.8 Å². The predicted octanol–water partition coefficient (Wildman–Crippen LogP) is 15.7. The molecule has 4 aliphatic carbocycles. The molecule has 8 aromatic carbocycles. The highest BCUT2D eigenvalue weighted by Crippen LogP contribution is 2.64. The van der Waals surface area contributed by atoms with Crippen LogP contribution in [0.4, 0.5) is 17.1 Å². The number of hydrogen-bond donors (Lipinski definition) is 0. The quantitative estimate of drug-likeness (QED) is 0.168. The summed E-state index contributed by atoms with van der Waals surface area (Å²) >= 11 is 0. The summed E-state index contributed by atoms with van der Waals surface area (Å²) in [4.78, 5) is 2.57. The van der Waals surface area contributed by atoms with Crippen LogP contribution in [0.1, 0.15) is 96.9 Å². The molecule has 0 atom stereocenters. The Morgan fingerprint density at radius 1 is 0.467 bits per heavy atom. The zero-order valence-corrected chi connectivity index (χ0v) is 34.9. The summed E-state index contributed by atoms with van der Waals surface area (Å²) in [6.45, 7) is 9.27. The summed E-state index contributed by atoms with van der Waals surface area (Å²) in [6, 6.07) is 64.5. The standard InChI is InChI=1S/C59H49N/c1-37-24-31-46-47-32-25-38(2)35-53(47)59(52(46)34-37)51-21-11-8-17-44(51)48-33-30-42(36-54(48)59)60(56-23-13-19-49-45-18-7-10-20-50(45)58(3,4)57(49)56)55-22-12-9-16-43(55)41-28-26-40(27-29-41)39-14-5-6-15-39/h7-13,16-36,39H,5-6,14-15H2,1-4H3/i39D. The van der Waals surface area contributed by atoms with Gasteiger partial charge >= 0.3 is 0 Å². The fourth-order valence-corrected chi connectivity index (χ4v) is 11.8. The third-order valence-electron chi connectivity index (χ3n) is 14.5. The van der Waals surface area contributed by atoms with Gasteiger partial charge in [0.05, 0.1) is 16.8 Å². The first-order valence-electron chi connectivity index (χ1n) is 22.4. The minimum atomic E-state index is -0.484. The Hall–Kier alpha value is -6.44. The fourth-order valence-electron chi connectivity index (χ4n) is 11.8. The lowest BCUT2D eigenvalue weighted by atomic mass is 9.70. The van der Waals surface area contributed by atoms with Crippen molar-refractivity contribution in [2.45, 2.75) is 70.1 Å². The number of rotatable bonds is 5. The first kappa shape index (κ1) is 34.4. The van der Waals surface area contributed by atoms with E-state index in [2.05, 4.69) is 202 Å². The van der Waals surface area contributed by atoms with Gasteiger partial charge < -0.3 is 4.90 Å². The Labute approximate surface area is 356 Å². The third kappa shape index (κ3) is 4.87. The minimum Gasteiger partial charge on any atom is -0.310 e. The lowest BCUT2D eigenvalue weighted by Gasteiger charge is -2.35. The van der Waals surface area contributed by atoms with E-state index in [4.69, 9.17) is 0 Å². The molecule has 0 amide bonds. The molecular weight excluding hydrogens is 723 g/mol. The van der Waals surface area contributed by atoms with Gasteiger partial charge in [-0.1, -0.05) is 183 Å². The van der Waals surface area contributed by atoms with Crippen molar-refractivity contribution in [1.29, 1.82) is 0 Å². The van der Waals surface area contributed by atoms with Crippen LogP contribution >= 0.6 is 0 Å². The van der Waals surface area contributed by atoms with Crippen LogP contribution in [0.25, 0.3) is 44.5 Å². The molecule has 12 rings (SSSR count). The Balaban J connectivity index is 1.14. The number of para-hydroxylation sites is 1. The first-order chi connectivity index (χ1) is 29.7. The topological polar surface area (TPSA) is 3.24 Å². The summed E-state index contributed by atoms with van der Waals surface area (Å²) in [7, 11) is 0. The van der Waals surface area contributed by atoms with Crippen molar-refractivity contribution in [2.75, 3.05) is 4.90 Å². The van der Waals surface area contributed by atoms with E-state index >= 15 is 0 Å². The maximum atomic E-state index is 9.28. The monoisotopic (exact) mass is 772 g/mol. The molecule has 0 unspecified atom stereocenters. The molecule has 4 aliphatic rings. The number of benzene rings is 8. The van der Waals surface area contributed by atoms with E-state index in [0.29, 0.717) is 0 Å². The van der Waals surface area contributed by atoms with Gasteiger partial charge in [0.25, 0.3) is 0 Å². The van der Waals surface area contributed by atoms with E-state index in [-0.39, 0.29) is 5.41 Å². The molecule has 1 heteroatoms. The van der Waals surface area contributed by atoms with Gasteiger partial charge in [0.2, 0.25) is 0 Å². The molecule has 0 N–H and O–H groups in total. The van der Waals surface area contributed by atoms with Gasteiger partial charge in [-0.2, -0.15) is 0 Å². The molecule has 0 heterocycles. The van der Waals surface area contributed by atoms with E-state index in [1.54, 1.807) is 0 Å². The zero-order valence-electron chi connectivity index (χ0n) is 35.9. The number of anilines is 3. The minimum absolute atomic E-state index is 0.229. The van der Waals surface area contributed by atoms with E-state index in [1.165, 1.54) is 89.1 Å². The molecule has 0 saturated heterocycles. The first-order valence-corrected chi connectivity index (χ1v) is 21.9. The summed E-state index contributed by atoms with van der Waals surface area (Å²) in [5.41, 5.74) is 24.8. The van der Waals surface area contributed by atoms with Gasteiger partial charge in [0.15, 0.2) is 0 Å². The van der Waals surface area contributed by atoms with E-state index in [0.717, 1.165) is 48.2 Å². The Bertz CT molecular complexity index is 3050. The van der Waals surface area contributed by atoms with Gasteiger partial charge in [0, 0.05) is 18.0 Å². The van der Waals surface area contributed by atoms with Crippen LogP contribution in [0.3, 0.4) is 0 Å². The lowest BCUT2D eigenvalue weighted by Crippen LogP contribution is -2.26. The SMILES string of the molecule is [2H]C1(c2ccc(-c3ccccc3N(c3ccc4c(c3)C3(c5ccccc5-4)c4cc(C)ccc4-c4ccc(C)cc43)c3cccc4c3C(C)(C)c3ccccc3-4)cc2)CCCC1. The van der Waals surface area contributed by atoms with Crippen molar-refractivity contribution in [3.8, 4) is 44.5 Å². The Morgan fingerprint density at radius 3 is 1.67 bits per heavy atom. The molecule has 290 valence electrons. The van der Waals surface area contributed by atoms with E-state index in [9.17, 15) is 1.37 Å². The number of hydrogen-bond acceptors (Lipinski definition) is 1. The second kappa shape index (κ2) is 13.0. The Kier molecular flexibility index (Phi) is 7.48. The summed E-state index contributed by atoms with van der Waals surface area (Å²) in [5.74, 6) is -0.484. The van der Waals surface area contributed by atoms with Crippen molar-refractivity contribution in [2.24, 2.45) is 0 Å². The molecule has 0 bridgehead atoms. The van der Waals surface area contributed by atoms with E-state index in [1.807, 2.05) is 0 Å². The zero-order chi connectivity index (χ0) is 41.3. The summed E-state index contributed by atoms with van der Waals surface area (Å²) in [5, 5.41) is 0. The summed E-state index contributed by atoms with van der Waals surface area (Å²) < 4.78 is 9.28. The Morgan fingerprint density at radius 2 is 0.983 bits per heavy atom. The number of nitrogens with zero attached hydrogens (tertiary/aromatic N) is 1. The maximum Gasteiger partial charge on any atom is 0.0726 e. The normalized spacial score (nSPS) is 16.7. The molecule has 60 heavy (non-hydrogen) atoms.